The minimum Gasteiger partial charge on any atom is -0.356 e. The van der Waals surface area contributed by atoms with Gasteiger partial charge in [-0.3, -0.25) is 9.69 Å². The van der Waals surface area contributed by atoms with Crippen molar-refractivity contribution >= 4 is 5.82 Å². The summed E-state index contributed by atoms with van der Waals surface area (Å²) in [5, 5.41) is 0. The van der Waals surface area contributed by atoms with E-state index in [-0.39, 0.29) is 5.56 Å². The van der Waals surface area contributed by atoms with Crippen molar-refractivity contribution in [1.29, 1.82) is 0 Å². The van der Waals surface area contributed by atoms with Crippen molar-refractivity contribution in [3.05, 3.63) is 46.5 Å². The quantitative estimate of drug-likeness (QED) is 0.815. The van der Waals surface area contributed by atoms with Gasteiger partial charge in [-0.25, -0.2) is 15.0 Å². The van der Waals surface area contributed by atoms with Crippen LogP contribution in [0.15, 0.2) is 29.6 Å². The molecule has 0 amide bonds. The third-order valence-electron chi connectivity index (χ3n) is 6.50. The average molecular weight is 366 g/mol. The van der Waals surface area contributed by atoms with Crippen LogP contribution in [0, 0.1) is 11.8 Å². The molecule has 2 aliphatic heterocycles. The van der Waals surface area contributed by atoms with Crippen molar-refractivity contribution < 1.29 is 0 Å². The standard InChI is InChI=1S/C20H26N6O/c1-24-13-23-17(5-20(24)27)11-25-7-15-9-26(10-16(15)8-25)19-6-18(21-12-22-19)14-3-2-4-14/h5-6,12-16H,2-4,7-11H2,1H3. The fraction of sp³-hybridized carbons (Fsp3) is 0.600. The van der Waals surface area contributed by atoms with Crippen molar-refractivity contribution in [2.75, 3.05) is 31.1 Å². The summed E-state index contributed by atoms with van der Waals surface area (Å²) in [7, 11) is 1.73. The molecule has 7 nitrogen and oxygen atoms in total. The first kappa shape index (κ1) is 16.9. The Bertz CT molecular complexity index is 878. The van der Waals surface area contributed by atoms with Gasteiger partial charge in [-0.2, -0.15) is 0 Å². The summed E-state index contributed by atoms with van der Waals surface area (Å²) in [4.78, 5) is 30.1. The van der Waals surface area contributed by atoms with E-state index in [9.17, 15) is 4.79 Å². The Morgan fingerprint density at radius 1 is 1.04 bits per heavy atom. The van der Waals surface area contributed by atoms with Crippen molar-refractivity contribution in [3.63, 3.8) is 0 Å². The highest BCUT2D eigenvalue weighted by Gasteiger charge is 2.40. The minimum absolute atomic E-state index is 0.0107. The number of fused-ring (bicyclic) bond motifs is 1. The number of hydrogen-bond acceptors (Lipinski definition) is 6. The van der Waals surface area contributed by atoms with Crippen LogP contribution in [-0.4, -0.2) is 50.6 Å². The zero-order valence-electron chi connectivity index (χ0n) is 15.8. The van der Waals surface area contributed by atoms with Gasteiger partial charge < -0.3 is 9.47 Å². The fourth-order valence-electron chi connectivity index (χ4n) is 4.68. The maximum Gasteiger partial charge on any atom is 0.253 e. The molecule has 0 radical (unpaired) electrons. The number of likely N-dealkylation sites (tertiary alicyclic amines) is 1. The molecule has 3 fully saturated rings. The van der Waals surface area contributed by atoms with E-state index in [0.717, 1.165) is 44.2 Å². The summed E-state index contributed by atoms with van der Waals surface area (Å²) in [6.45, 7) is 5.03. The van der Waals surface area contributed by atoms with Crippen molar-refractivity contribution in [2.45, 2.75) is 31.7 Å². The second-order valence-electron chi connectivity index (χ2n) is 8.38. The van der Waals surface area contributed by atoms with Gasteiger partial charge in [0.2, 0.25) is 0 Å². The molecule has 2 aromatic rings. The highest BCUT2D eigenvalue weighted by Crippen LogP contribution is 2.37. The van der Waals surface area contributed by atoms with Crippen LogP contribution in [0.5, 0.6) is 0 Å². The Morgan fingerprint density at radius 2 is 1.81 bits per heavy atom. The van der Waals surface area contributed by atoms with E-state index in [2.05, 4.69) is 30.8 Å². The summed E-state index contributed by atoms with van der Waals surface area (Å²) < 4.78 is 1.51. The Kier molecular flexibility index (Phi) is 4.19. The number of aromatic nitrogens is 4. The number of hydrogen-bond donors (Lipinski definition) is 0. The number of rotatable bonds is 4. The van der Waals surface area contributed by atoms with Gasteiger partial charge in [0, 0.05) is 63.5 Å². The monoisotopic (exact) mass is 366 g/mol. The Hall–Kier alpha value is -2.28. The molecule has 0 aromatic carbocycles. The largest absolute Gasteiger partial charge is 0.356 e. The molecule has 5 rings (SSSR count). The molecule has 1 aliphatic carbocycles. The van der Waals surface area contributed by atoms with E-state index in [4.69, 9.17) is 0 Å². The van der Waals surface area contributed by atoms with Gasteiger partial charge in [-0.05, 0) is 24.7 Å². The van der Waals surface area contributed by atoms with Gasteiger partial charge in [0.05, 0.1) is 12.0 Å². The normalized spacial score (nSPS) is 25.6. The van der Waals surface area contributed by atoms with Crippen LogP contribution in [0.1, 0.15) is 36.6 Å². The van der Waals surface area contributed by atoms with Crippen molar-refractivity contribution in [2.24, 2.45) is 18.9 Å². The molecule has 7 heteroatoms. The second kappa shape index (κ2) is 6.71. The number of aryl methyl sites for hydroxylation is 1. The lowest BCUT2D eigenvalue weighted by atomic mass is 9.83. The van der Waals surface area contributed by atoms with Crippen LogP contribution in [0.25, 0.3) is 0 Å². The lowest BCUT2D eigenvalue weighted by Crippen LogP contribution is -2.30. The van der Waals surface area contributed by atoms with Gasteiger partial charge in [0.15, 0.2) is 0 Å². The highest BCUT2D eigenvalue weighted by atomic mass is 16.1. The lowest BCUT2D eigenvalue weighted by Gasteiger charge is -2.26. The molecule has 142 valence electrons. The Morgan fingerprint density at radius 3 is 2.48 bits per heavy atom. The molecule has 27 heavy (non-hydrogen) atoms. The maximum absolute atomic E-state index is 11.8. The molecule has 2 aromatic heterocycles. The summed E-state index contributed by atoms with van der Waals surface area (Å²) in [5.74, 6) is 3.08. The minimum atomic E-state index is 0.0107. The third-order valence-corrected chi connectivity index (χ3v) is 6.50. The smallest absolute Gasteiger partial charge is 0.253 e. The maximum atomic E-state index is 11.8. The molecule has 3 aliphatic rings. The SMILES string of the molecule is Cn1cnc(CN2CC3CN(c4cc(C5CCC5)ncn4)CC3C2)cc1=O. The van der Waals surface area contributed by atoms with E-state index in [1.807, 2.05) is 0 Å². The zero-order chi connectivity index (χ0) is 18.4. The van der Waals surface area contributed by atoms with Crippen LogP contribution in [0.4, 0.5) is 5.82 Å². The number of anilines is 1. The third kappa shape index (κ3) is 3.25. The Labute approximate surface area is 159 Å². The fourth-order valence-corrected chi connectivity index (χ4v) is 4.68. The summed E-state index contributed by atoms with van der Waals surface area (Å²) in [6, 6.07) is 3.87. The van der Waals surface area contributed by atoms with Crippen LogP contribution in [0.2, 0.25) is 0 Å². The summed E-state index contributed by atoms with van der Waals surface area (Å²) in [5.41, 5.74) is 2.11. The Balaban J connectivity index is 1.22. The topological polar surface area (TPSA) is 67.2 Å². The highest BCUT2D eigenvalue weighted by molar-refractivity contribution is 5.42. The van der Waals surface area contributed by atoms with Gasteiger partial charge in [-0.15, -0.1) is 0 Å². The van der Waals surface area contributed by atoms with Crippen molar-refractivity contribution in [3.8, 4) is 0 Å². The van der Waals surface area contributed by atoms with Crippen LogP contribution in [0.3, 0.4) is 0 Å². The van der Waals surface area contributed by atoms with E-state index in [0.29, 0.717) is 17.8 Å². The average Bonchev–Trinajstić information content (AvgIpc) is 3.15. The molecule has 0 N–H and O–H groups in total. The first-order valence-electron chi connectivity index (χ1n) is 9.96. The molecule has 0 spiro atoms. The molecular weight excluding hydrogens is 340 g/mol. The van der Waals surface area contributed by atoms with Crippen LogP contribution >= 0.6 is 0 Å². The van der Waals surface area contributed by atoms with Crippen LogP contribution in [-0.2, 0) is 13.6 Å². The van der Waals surface area contributed by atoms with Gasteiger partial charge >= 0.3 is 0 Å². The molecule has 4 heterocycles. The van der Waals surface area contributed by atoms with E-state index < -0.39 is 0 Å². The summed E-state index contributed by atoms with van der Waals surface area (Å²) in [6.07, 6.45) is 7.23. The predicted octanol–water partition coefficient (Wildman–Crippen LogP) is 1.41. The molecule has 2 unspecified atom stereocenters. The molecular formula is C20H26N6O. The van der Waals surface area contributed by atoms with E-state index >= 15 is 0 Å². The molecule has 2 atom stereocenters. The summed E-state index contributed by atoms with van der Waals surface area (Å²) >= 11 is 0. The van der Waals surface area contributed by atoms with Crippen molar-refractivity contribution in [1.82, 2.24) is 24.4 Å². The van der Waals surface area contributed by atoms with Gasteiger partial charge in [-0.1, -0.05) is 6.42 Å². The molecule has 1 saturated carbocycles. The van der Waals surface area contributed by atoms with Gasteiger partial charge in [0.25, 0.3) is 5.56 Å². The first-order valence-corrected chi connectivity index (χ1v) is 9.96. The number of nitrogens with zero attached hydrogens (tertiary/aromatic N) is 6. The zero-order valence-corrected chi connectivity index (χ0v) is 15.8. The lowest BCUT2D eigenvalue weighted by molar-refractivity contribution is 0.304. The second-order valence-corrected chi connectivity index (χ2v) is 8.38. The van der Waals surface area contributed by atoms with E-state index in [1.165, 1.54) is 29.5 Å². The molecule has 0 bridgehead atoms. The van der Waals surface area contributed by atoms with Crippen LogP contribution < -0.4 is 10.5 Å². The molecule has 2 saturated heterocycles. The van der Waals surface area contributed by atoms with Gasteiger partial charge in [0.1, 0.15) is 12.1 Å². The van der Waals surface area contributed by atoms with E-state index in [1.54, 1.807) is 25.8 Å². The predicted molar refractivity (Wildman–Crippen MR) is 103 cm³/mol. The first-order chi connectivity index (χ1) is 13.2.